The topological polar surface area (TPSA) is 84.1 Å². The highest BCUT2D eigenvalue weighted by atomic mass is 32.2. The monoisotopic (exact) mass is 491 g/mol. The number of benzene rings is 2. The Morgan fingerprint density at radius 2 is 1.85 bits per heavy atom. The zero-order valence-corrected chi connectivity index (χ0v) is 19.5. The Kier molecular flexibility index (Phi) is 6.25. The van der Waals surface area contributed by atoms with E-state index in [1.165, 1.54) is 6.07 Å². The lowest BCUT2D eigenvalue weighted by Crippen LogP contribution is -2.22. The average Bonchev–Trinajstić information content (AvgIpc) is 3.04. The number of alkyl halides is 3. The fourth-order valence-electron chi connectivity index (χ4n) is 3.94. The van der Waals surface area contributed by atoms with E-state index in [4.69, 9.17) is 4.74 Å². The van der Waals surface area contributed by atoms with Crippen molar-refractivity contribution in [2.24, 2.45) is 0 Å². The fraction of sp³-hybridized carbons (Fsp3) is 0.375. The average molecular weight is 492 g/mol. The maximum Gasteiger partial charge on any atom is 0.422 e. The summed E-state index contributed by atoms with van der Waals surface area (Å²) in [5, 5.41) is 10.0. The summed E-state index contributed by atoms with van der Waals surface area (Å²) in [5.41, 5.74) is 2.84. The zero-order chi connectivity index (χ0) is 24.7. The molecule has 0 aliphatic heterocycles. The van der Waals surface area contributed by atoms with E-state index < -0.39 is 28.1 Å². The van der Waals surface area contributed by atoms with Crippen molar-refractivity contribution < 1.29 is 26.3 Å². The second-order valence-electron chi connectivity index (χ2n) is 8.65. The summed E-state index contributed by atoms with van der Waals surface area (Å²) in [6.45, 7) is 1.77. The van der Waals surface area contributed by atoms with Gasteiger partial charge in [0.05, 0.1) is 22.0 Å². The van der Waals surface area contributed by atoms with Crippen LogP contribution >= 0.6 is 0 Å². The lowest BCUT2D eigenvalue weighted by atomic mass is 9.92. The van der Waals surface area contributed by atoms with E-state index in [2.05, 4.69) is 10.8 Å². The van der Waals surface area contributed by atoms with E-state index in [1.54, 1.807) is 50.2 Å². The number of rotatable bonds is 7. The number of nitrogens with zero attached hydrogens (tertiary/aromatic N) is 2. The molecular formula is C24H24F3N3O3S. The highest BCUT2D eigenvalue weighted by Crippen LogP contribution is 2.43. The highest BCUT2D eigenvalue weighted by molar-refractivity contribution is 7.93. The van der Waals surface area contributed by atoms with Crippen LogP contribution in [0.25, 0.3) is 22.2 Å². The first-order valence-electron chi connectivity index (χ1n) is 10.9. The SMILES string of the molecule is CC(C)S(=O)(=O)Nc1ccc(-c2c(C#N)c3ccc(OCC(F)(F)F)cc3n2C2CCC2)cc1. The Morgan fingerprint density at radius 3 is 2.38 bits per heavy atom. The summed E-state index contributed by atoms with van der Waals surface area (Å²) in [5.74, 6) is 0.0809. The molecular weight excluding hydrogens is 467 g/mol. The number of nitrogens with one attached hydrogen (secondary N) is 1. The maximum absolute atomic E-state index is 12.6. The Hall–Kier alpha value is -3.19. The van der Waals surface area contributed by atoms with Gasteiger partial charge < -0.3 is 9.30 Å². The standard InChI is InChI=1S/C24H24F3N3O3S/c1-15(2)34(31,32)29-17-8-6-16(7-9-17)23-21(13-28)20-11-10-19(33-14-24(25,26)27)12-22(20)30(23)18-4-3-5-18/h6-12,15,18,29H,3-5,14H2,1-2H3. The van der Waals surface area contributed by atoms with Crippen LogP contribution in [-0.4, -0.2) is 31.0 Å². The van der Waals surface area contributed by atoms with E-state index in [9.17, 15) is 26.9 Å². The van der Waals surface area contributed by atoms with Crippen molar-refractivity contribution in [2.45, 2.75) is 50.6 Å². The predicted molar refractivity (Wildman–Crippen MR) is 124 cm³/mol. The van der Waals surface area contributed by atoms with E-state index in [1.807, 2.05) is 4.57 Å². The number of aromatic nitrogens is 1. The van der Waals surface area contributed by atoms with E-state index in [-0.39, 0.29) is 11.8 Å². The number of hydrogen-bond donors (Lipinski definition) is 1. The molecule has 0 bridgehead atoms. The molecule has 0 spiro atoms. The lowest BCUT2D eigenvalue weighted by Gasteiger charge is -2.30. The van der Waals surface area contributed by atoms with Gasteiger partial charge in [-0.15, -0.1) is 0 Å². The molecule has 4 rings (SSSR count). The molecule has 1 N–H and O–H groups in total. The van der Waals surface area contributed by atoms with Crippen LogP contribution in [-0.2, 0) is 10.0 Å². The molecule has 1 aliphatic rings. The smallest absolute Gasteiger partial charge is 0.422 e. The minimum absolute atomic E-state index is 0.0809. The number of ether oxygens (including phenoxy) is 1. The number of fused-ring (bicyclic) bond motifs is 1. The molecule has 180 valence electrons. The molecule has 1 fully saturated rings. The van der Waals surface area contributed by atoms with E-state index >= 15 is 0 Å². The number of hydrogen-bond acceptors (Lipinski definition) is 4. The summed E-state index contributed by atoms with van der Waals surface area (Å²) < 4.78 is 71.7. The third kappa shape index (κ3) is 4.71. The second-order valence-corrected chi connectivity index (χ2v) is 10.9. The first-order valence-corrected chi connectivity index (χ1v) is 12.4. The normalized spacial score (nSPS) is 14.7. The van der Waals surface area contributed by atoms with Crippen molar-refractivity contribution in [2.75, 3.05) is 11.3 Å². The number of anilines is 1. The van der Waals surface area contributed by atoms with Crippen LogP contribution in [0.2, 0.25) is 0 Å². The minimum Gasteiger partial charge on any atom is -0.484 e. The summed E-state index contributed by atoms with van der Waals surface area (Å²) in [4.78, 5) is 0. The van der Waals surface area contributed by atoms with Crippen molar-refractivity contribution in [3.05, 3.63) is 48.0 Å². The van der Waals surface area contributed by atoms with Crippen molar-refractivity contribution in [3.63, 3.8) is 0 Å². The molecule has 0 unspecified atom stereocenters. The molecule has 0 atom stereocenters. The highest BCUT2D eigenvalue weighted by Gasteiger charge is 2.30. The molecule has 1 saturated carbocycles. The van der Waals surface area contributed by atoms with Crippen LogP contribution in [0, 0.1) is 11.3 Å². The third-order valence-corrected chi connectivity index (χ3v) is 7.73. The Labute approximate surface area is 196 Å². The molecule has 1 aromatic heterocycles. The fourth-order valence-corrected chi connectivity index (χ4v) is 4.64. The van der Waals surface area contributed by atoms with E-state index in [0.717, 1.165) is 19.3 Å². The Balaban J connectivity index is 1.79. The second kappa shape index (κ2) is 8.87. The zero-order valence-electron chi connectivity index (χ0n) is 18.7. The Morgan fingerprint density at radius 1 is 1.18 bits per heavy atom. The largest absolute Gasteiger partial charge is 0.484 e. The van der Waals surface area contributed by atoms with Crippen LogP contribution in [0.3, 0.4) is 0 Å². The van der Waals surface area contributed by atoms with Crippen LogP contribution in [0.1, 0.15) is 44.7 Å². The molecule has 2 aromatic carbocycles. The van der Waals surface area contributed by atoms with Gasteiger partial charge in [0.2, 0.25) is 10.0 Å². The van der Waals surface area contributed by atoms with Gasteiger partial charge in [0.15, 0.2) is 6.61 Å². The number of sulfonamides is 1. The van der Waals surface area contributed by atoms with Crippen LogP contribution in [0.5, 0.6) is 5.75 Å². The summed E-state index contributed by atoms with van der Waals surface area (Å²) in [6, 6.07) is 13.7. The molecule has 1 heterocycles. The van der Waals surface area contributed by atoms with Crippen molar-refractivity contribution in [1.82, 2.24) is 4.57 Å². The molecule has 0 saturated heterocycles. The van der Waals surface area contributed by atoms with Gasteiger partial charge in [0.25, 0.3) is 0 Å². The van der Waals surface area contributed by atoms with Gasteiger partial charge in [-0.05, 0) is 62.9 Å². The van der Waals surface area contributed by atoms with Crippen molar-refractivity contribution in [1.29, 1.82) is 5.26 Å². The number of halogens is 3. The molecule has 0 radical (unpaired) electrons. The molecule has 1 aliphatic carbocycles. The van der Waals surface area contributed by atoms with Gasteiger partial charge in [0.1, 0.15) is 11.8 Å². The van der Waals surface area contributed by atoms with Crippen molar-refractivity contribution >= 4 is 26.6 Å². The predicted octanol–water partition coefficient (Wildman–Crippen LogP) is 6.00. The summed E-state index contributed by atoms with van der Waals surface area (Å²) >= 11 is 0. The van der Waals surface area contributed by atoms with Gasteiger partial charge >= 0.3 is 6.18 Å². The van der Waals surface area contributed by atoms with Gasteiger partial charge in [0, 0.05) is 23.2 Å². The molecule has 0 amide bonds. The van der Waals surface area contributed by atoms with Gasteiger partial charge in [-0.2, -0.15) is 18.4 Å². The first kappa shape index (κ1) is 24.0. The molecule has 34 heavy (non-hydrogen) atoms. The minimum atomic E-state index is -4.45. The van der Waals surface area contributed by atoms with Crippen LogP contribution in [0.4, 0.5) is 18.9 Å². The van der Waals surface area contributed by atoms with Crippen LogP contribution in [0.15, 0.2) is 42.5 Å². The van der Waals surface area contributed by atoms with Crippen LogP contribution < -0.4 is 9.46 Å². The maximum atomic E-state index is 12.6. The molecule has 3 aromatic rings. The van der Waals surface area contributed by atoms with Gasteiger partial charge in [-0.3, -0.25) is 4.72 Å². The third-order valence-electron chi connectivity index (χ3n) is 5.97. The summed E-state index contributed by atoms with van der Waals surface area (Å²) in [7, 11) is -3.50. The van der Waals surface area contributed by atoms with Crippen molar-refractivity contribution in [3.8, 4) is 23.1 Å². The van der Waals surface area contributed by atoms with Gasteiger partial charge in [-0.25, -0.2) is 8.42 Å². The summed E-state index contributed by atoms with van der Waals surface area (Å²) in [6.07, 6.45) is -1.65. The molecule has 6 nitrogen and oxygen atoms in total. The number of nitriles is 1. The molecule has 10 heteroatoms. The van der Waals surface area contributed by atoms with E-state index in [0.29, 0.717) is 33.4 Å². The van der Waals surface area contributed by atoms with Gasteiger partial charge in [-0.1, -0.05) is 12.1 Å². The first-order chi connectivity index (χ1) is 16.0. The lowest BCUT2D eigenvalue weighted by molar-refractivity contribution is -0.153. The Bertz CT molecular complexity index is 1350. The quantitative estimate of drug-likeness (QED) is 0.440.